The lowest BCUT2D eigenvalue weighted by Gasteiger charge is -2.34. The third kappa shape index (κ3) is 3.35. The third-order valence-electron chi connectivity index (χ3n) is 3.59. The Kier molecular flexibility index (Phi) is 4.60. The van der Waals surface area contributed by atoms with Crippen molar-refractivity contribution in [3.05, 3.63) is 16.5 Å². The number of nitrogens with one attached hydrogen (secondary N) is 1. The first-order chi connectivity index (χ1) is 9.05. The van der Waals surface area contributed by atoms with E-state index >= 15 is 0 Å². The van der Waals surface area contributed by atoms with Gasteiger partial charge in [0.1, 0.15) is 11.0 Å². The molecule has 0 bridgehead atoms. The van der Waals surface area contributed by atoms with Crippen LogP contribution < -0.4 is 11.1 Å². The molecular weight excluding hydrogens is 287 g/mol. The first kappa shape index (κ1) is 14.5. The molecule has 0 unspecified atom stereocenters. The number of hydrogen-bond acceptors (Lipinski definition) is 4. The van der Waals surface area contributed by atoms with Crippen molar-refractivity contribution in [2.24, 2.45) is 11.1 Å². The van der Waals surface area contributed by atoms with Gasteiger partial charge in [0.15, 0.2) is 0 Å². The average Bonchev–Trinajstić information content (AvgIpc) is 2.38. The van der Waals surface area contributed by atoms with Crippen molar-refractivity contribution < 1.29 is 4.79 Å². The highest BCUT2D eigenvalue weighted by Gasteiger charge is 2.38. The third-order valence-corrected chi connectivity index (χ3v) is 3.95. The van der Waals surface area contributed by atoms with Gasteiger partial charge in [-0.3, -0.25) is 4.79 Å². The number of hydrogen-bond donors (Lipinski definition) is 2. The Hall–Kier alpha value is -0.910. The number of amides is 1. The second kappa shape index (κ2) is 6.03. The summed E-state index contributed by atoms with van der Waals surface area (Å²) in [6.45, 7) is 0.339. The van der Waals surface area contributed by atoms with Crippen LogP contribution in [0.15, 0.2) is 6.07 Å². The minimum absolute atomic E-state index is 0.00763. The van der Waals surface area contributed by atoms with Crippen LogP contribution in [0.25, 0.3) is 0 Å². The van der Waals surface area contributed by atoms with Gasteiger partial charge in [0.2, 0.25) is 11.2 Å². The summed E-state index contributed by atoms with van der Waals surface area (Å²) in [5.41, 5.74) is 5.31. The molecule has 0 spiro atoms. The first-order valence-electron chi connectivity index (χ1n) is 6.27. The lowest BCUT2D eigenvalue weighted by atomic mass is 9.73. The van der Waals surface area contributed by atoms with Gasteiger partial charge in [0, 0.05) is 12.6 Å². The number of carbonyl (C=O) groups excluding carboxylic acids is 1. The van der Waals surface area contributed by atoms with Crippen molar-refractivity contribution in [2.75, 3.05) is 11.9 Å². The largest absolute Gasteiger partial charge is 0.329 e. The molecule has 1 aliphatic carbocycles. The number of anilines is 1. The highest BCUT2D eigenvalue weighted by molar-refractivity contribution is 6.32. The Morgan fingerprint density at radius 1 is 1.32 bits per heavy atom. The van der Waals surface area contributed by atoms with Crippen LogP contribution in [0.5, 0.6) is 0 Å². The molecule has 1 aromatic heterocycles. The van der Waals surface area contributed by atoms with Crippen molar-refractivity contribution in [3.8, 4) is 0 Å². The van der Waals surface area contributed by atoms with Gasteiger partial charge in [-0.1, -0.05) is 30.9 Å². The van der Waals surface area contributed by atoms with E-state index in [0.29, 0.717) is 12.4 Å². The second-order valence-corrected chi connectivity index (χ2v) is 5.57. The standard InChI is InChI=1S/C12H16Cl2N4O/c13-8-6-9(18-11(14)16-8)17-10(19)12(7-15)4-2-1-3-5-12/h6H,1-5,7,15H2,(H,16,17,18,19). The summed E-state index contributed by atoms with van der Waals surface area (Å²) in [4.78, 5) is 20.1. The van der Waals surface area contributed by atoms with Gasteiger partial charge in [-0.25, -0.2) is 9.97 Å². The number of halogens is 2. The Morgan fingerprint density at radius 2 is 2.00 bits per heavy atom. The molecule has 0 aromatic carbocycles. The van der Waals surface area contributed by atoms with Crippen LogP contribution in [-0.2, 0) is 4.79 Å². The molecule has 1 heterocycles. The monoisotopic (exact) mass is 302 g/mol. The molecule has 1 amide bonds. The van der Waals surface area contributed by atoms with Crippen molar-refractivity contribution >= 4 is 34.9 Å². The van der Waals surface area contributed by atoms with Gasteiger partial charge >= 0.3 is 0 Å². The molecule has 0 atom stereocenters. The van der Waals surface area contributed by atoms with E-state index in [-0.39, 0.29) is 16.3 Å². The zero-order chi connectivity index (χ0) is 13.9. The van der Waals surface area contributed by atoms with Crippen molar-refractivity contribution in [1.29, 1.82) is 0 Å². The van der Waals surface area contributed by atoms with Crippen LogP contribution in [0, 0.1) is 5.41 Å². The molecule has 7 heteroatoms. The molecule has 1 saturated carbocycles. The molecule has 19 heavy (non-hydrogen) atoms. The van der Waals surface area contributed by atoms with Crippen molar-refractivity contribution in [1.82, 2.24) is 9.97 Å². The Labute approximate surface area is 121 Å². The summed E-state index contributed by atoms with van der Waals surface area (Å²) in [6.07, 6.45) is 4.82. The Bertz CT molecular complexity index is 455. The molecule has 104 valence electrons. The first-order valence-corrected chi connectivity index (χ1v) is 7.03. The summed E-state index contributed by atoms with van der Waals surface area (Å²) in [5, 5.41) is 2.95. The fraction of sp³-hybridized carbons (Fsp3) is 0.583. The van der Waals surface area contributed by atoms with Gasteiger partial charge in [-0.05, 0) is 24.4 Å². The Morgan fingerprint density at radius 3 is 2.58 bits per heavy atom. The van der Waals surface area contributed by atoms with Crippen molar-refractivity contribution in [3.63, 3.8) is 0 Å². The number of aromatic nitrogens is 2. The van der Waals surface area contributed by atoms with E-state index in [0.717, 1.165) is 32.1 Å². The number of carbonyl (C=O) groups is 1. The zero-order valence-corrected chi connectivity index (χ0v) is 12.0. The predicted octanol–water partition coefficient (Wildman–Crippen LogP) is 2.63. The predicted molar refractivity (Wildman–Crippen MR) is 75.3 cm³/mol. The smallest absolute Gasteiger partial charge is 0.233 e. The quantitative estimate of drug-likeness (QED) is 0.664. The summed E-state index contributed by atoms with van der Waals surface area (Å²) >= 11 is 11.5. The highest BCUT2D eigenvalue weighted by atomic mass is 35.5. The van der Waals surface area contributed by atoms with E-state index in [1.807, 2.05) is 0 Å². The maximum absolute atomic E-state index is 12.4. The molecule has 5 nitrogen and oxygen atoms in total. The van der Waals surface area contributed by atoms with E-state index in [2.05, 4.69) is 15.3 Å². The fourth-order valence-corrected chi connectivity index (χ4v) is 2.86. The van der Waals surface area contributed by atoms with E-state index in [9.17, 15) is 4.79 Å². The number of rotatable bonds is 3. The van der Waals surface area contributed by atoms with Crippen LogP contribution in [0.3, 0.4) is 0 Å². The summed E-state index contributed by atoms with van der Waals surface area (Å²) in [6, 6.07) is 1.47. The van der Waals surface area contributed by atoms with Gasteiger partial charge in [0.25, 0.3) is 0 Å². The maximum atomic E-state index is 12.4. The molecule has 0 radical (unpaired) electrons. The molecule has 1 fully saturated rings. The molecule has 0 aliphatic heterocycles. The molecule has 0 saturated heterocycles. The van der Waals surface area contributed by atoms with Crippen LogP contribution in [-0.4, -0.2) is 22.4 Å². The van der Waals surface area contributed by atoms with E-state index in [1.165, 1.54) is 6.07 Å². The molecule has 1 aromatic rings. The topological polar surface area (TPSA) is 80.9 Å². The molecule has 2 rings (SSSR count). The van der Waals surface area contributed by atoms with Crippen LogP contribution in [0.4, 0.5) is 5.82 Å². The van der Waals surface area contributed by atoms with E-state index < -0.39 is 5.41 Å². The minimum atomic E-state index is -0.498. The van der Waals surface area contributed by atoms with Crippen molar-refractivity contribution in [2.45, 2.75) is 32.1 Å². The number of nitrogens with zero attached hydrogens (tertiary/aromatic N) is 2. The van der Waals surface area contributed by atoms with E-state index in [4.69, 9.17) is 28.9 Å². The highest BCUT2D eigenvalue weighted by Crippen LogP contribution is 2.36. The lowest BCUT2D eigenvalue weighted by Crippen LogP contribution is -2.44. The van der Waals surface area contributed by atoms with Gasteiger partial charge < -0.3 is 11.1 Å². The van der Waals surface area contributed by atoms with Gasteiger partial charge in [-0.2, -0.15) is 0 Å². The lowest BCUT2D eigenvalue weighted by molar-refractivity contribution is -0.126. The summed E-state index contributed by atoms with van der Waals surface area (Å²) in [5.74, 6) is 0.203. The average molecular weight is 303 g/mol. The van der Waals surface area contributed by atoms with Gasteiger partial charge in [0.05, 0.1) is 5.41 Å². The normalized spacial score (nSPS) is 18.1. The SMILES string of the molecule is NCC1(C(=O)Nc2cc(Cl)nc(Cl)n2)CCCCC1. The molecule has 3 N–H and O–H groups in total. The number of nitrogens with two attached hydrogens (primary N) is 1. The summed E-state index contributed by atoms with van der Waals surface area (Å²) in [7, 11) is 0. The second-order valence-electron chi connectivity index (χ2n) is 4.84. The van der Waals surface area contributed by atoms with Crippen LogP contribution in [0.1, 0.15) is 32.1 Å². The van der Waals surface area contributed by atoms with Crippen LogP contribution in [0.2, 0.25) is 10.4 Å². The maximum Gasteiger partial charge on any atom is 0.233 e. The zero-order valence-electron chi connectivity index (χ0n) is 10.5. The minimum Gasteiger partial charge on any atom is -0.329 e. The van der Waals surface area contributed by atoms with Gasteiger partial charge in [-0.15, -0.1) is 0 Å². The van der Waals surface area contributed by atoms with Crippen LogP contribution >= 0.6 is 23.2 Å². The summed E-state index contributed by atoms with van der Waals surface area (Å²) < 4.78 is 0. The Balaban J connectivity index is 2.14. The fourth-order valence-electron chi connectivity index (χ4n) is 2.46. The van der Waals surface area contributed by atoms with E-state index in [1.54, 1.807) is 0 Å². The molecule has 1 aliphatic rings. The molecular formula is C12H16Cl2N4O.